The van der Waals surface area contributed by atoms with Crippen LogP contribution in [0.4, 0.5) is 0 Å². The van der Waals surface area contributed by atoms with E-state index >= 15 is 0 Å². The van der Waals surface area contributed by atoms with Crippen LogP contribution in [0.1, 0.15) is 23.2 Å². The van der Waals surface area contributed by atoms with Gasteiger partial charge in [-0.2, -0.15) is 0 Å². The van der Waals surface area contributed by atoms with Crippen LogP contribution in [0.3, 0.4) is 0 Å². The van der Waals surface area contributed by atoms with Gasteiger partial charge in [0, 0.05) is 25.0 Å². The summed E-state index contributed by atoms with van der Waals surface area (Å²) in [7, 11) is 0. The summed E-state index contributed by atoms with van der Waals surface area (Å²) < 4.78 is 7.12. The van der Waals surface area contributed by atoms with Gasteiger partial charge in [-0.1, -0.05) is 0 Å². The molecule has 0 saturated carbocycles. The lowest BCUT2D eigenvalue weighted by Gasteiger charge is -2.13. The molecule has 0 amide bonds. The summed E-state index contributed by atoms with van der Waals surface area (Å²) in [4.78, 5) is 14.6. The van der Waals surface area contributed by atoms with E-state index in [2.05, 4.69) is 10.3 Å². The molecule has 0 fully saturated rings. The van der Waals surface area contributed by atoms with Crippen LogP contribution in [0.2, 0.25) is 0 Å². The van der Waals surface area contributed by atoms with Crippen LogP contribution in [-0.2, 0) is 13.1 Å². The van der Waals surface area contributed by atoms with E-state index in [-0.39, 0.29) is 11.8 Å². The molecule has 2 heterocycles. The number of rotatable bonds is 6. The monoisotopic (exact) mass is 249 g/mol. The largest absolute Gasteiger partial charge is 0.475 e. The van der Waals surface area contributed by atoms with E-state index in [1.54, 1.807) is 18.6 Å². The summed E-state index contributed by atoms with van der Waals surface area (Å²) in [6.45, 7) is 3.34. The van der Waals surface area contributed by atoms with Crippen LogP contribution in [0.15, 0.2) is 35.3 Å². The fourth-order valence-corrected chi connectivity index (χ4v) is 1.64. The topological polar surface area (TPSA) is 80.3 Å². The standard InChI is InChI=1S/C12H15N3O3/c1-9(7-15-5-4-13-8-15)14-6-10-2-3-11(18-10)12(16)17/h2-5,8-9,14H,6-7H2,1H3,(H,16,17). The van der Waals surface area contributed by atoms with Gasteiger partial charge in [0.1, 0.15) is 5.76 Å². The van der Waals surface area contributed by atoms with Crippen molar-refractivity contribution in [1.82, 2.24) is 14.9 Å². The molecule has 0 aliphatic rings. The van der Waals surface area contributed by atoms with Gasteiger partial charge in [-0.25, -0.2) is 9.78 Å². The highest BCUT2D eigenvalue weighted by Crippen LogP contribution is 2.07. The number of furan rings is 1. The molecule has 2 aromatic heterocycles. The third kappa shape index (κ3) is 3.21. The van der Waals surface area contributed by atoms with Crippen molar-refractivity contribution in [2.45, 2.75) is 26.1 Å². The Morgan fingerprint density at radius 3 is 3.06 bits per heavy atom. The van der Waals surface area contributed by atoms with E-state index in [0.29, 0.717) is 12.3 Å². The zero-order chi connectivity index (χ0) is 13.0. The number of carboxylic acids is 1. The SMILES string of the molecule is CC(Cn1ccnc1)NCc1ccc(C(=O)O)o1. The highest BCUT2D eigenvalue weighted by molar-refractivity contribution is 5.84. The van der Waals surface area contributed by atoms with Crippen molar-refractivity contribution in [1.29, 1.82) is 0 Å². The van der Waals surface area contributed by atoms with Crippen molar-refractivity contribution < 1.29 is 14.3 Å². The Hall–Kier alpha value is -2.08. The molecule has 1 unspecified atom stereocenters. The first-order valence-electron chi connectivity index (χ1n) is 5.66. The first-order valence-corrected chi connectivity index (χ1v) is 5.66. The number of nitrogens with one attached hydrogen (secondary N) is 1. The van der Waals surface area contributed by atoms with Crippen molar-refractivity contribution in [2.24, 2.45) is 0 Å². The number of hydrogen-bond donors (Lipinski definition) is 2. The second kappa shape index (κ2) is 5.50. The van der Waals surface area contributed by atoms with Gasteiger partial charge in [-0.05, 0) is 19.1 Å². The molecular weight excluding hydrogens is 234 g/mol. The van der Waals surface area contributed by atoms with Crippen molar-refractivity contribution >= 4 is 5.97 Å². The fourth-order valence-electron chi connectivity index (χ4n) is 1.64. The summed E-state index contributed by atoms with van der Waals surface area (Å²) in [6, 6.07) is 3.36. The van der Waals surface area contributed by atoms with E-state index < -0.39 is 5.97 Å². The Morgan fingerprint density at radius 2 is 2.44 bits per heavy atom. The number of nitrogens with zero attached hydrogens (tertiary/aromatic N) is 2. The normalized spacial score (nSPS) is 12.5. The van der Waals surface area contributed by atoms with Crippen LogP contribution in [-0.4, -0.2) is 26.7 Å². The van der Waals surface area contributed by atoms with Gasteiger partial charge in [0.15, 0.2) is 0 Å². The first kappa shape index (κ1) is 12.4. The fraction of sp³-hybridized carbons (Fsp3) is 0.333. The average Bonchev–Trinajstić information content (AvgIpc) is 2.96. The highest BCUT2D eigenvalue weighted by Gasteiger charge is 2.09. The predicted molar refractivity (Wildman–Crippen MR) is 64.2 cm³/mol. The molecule has 0 aliphatic heterocycles. The number of hydrogen-bond acceptors (Lipinski definition) is 4. The molecule has 96 valence electrons. The lowest BCUT2D eigenvalue weighted by atomic mass is 10.3. The molecule has 0 saturated heterocycles. The van der Waals surface area contributed by atoms with Crippen molar-refractivity contribution in [3.05, 3.63) is 42.4 Å². The van der Waals surface area contributed by atoms with Crippen LogP contribution in [0, 0.1) is 0 Å². The average molecular weight is 249 g/mol. The molecule has 0 aromatic carbocycles. The molecule has 2 N–H and O–H groups in total. The van der Waals surface area contributed by atoms with E-state index in [1.807, 2.05) is 17.7 Å². The number of aromatic carboxylic acids is 1. The molecule has 1 atom stereocenters. The smallest absolute Gasteiger partial charge is 0.371 e. The summed E-state index contributed by atoms with van der Waals surface area (Å²) in [5.41, 5.74) is 0. The minimum atomic E-state index is -1.05. The minimum absolute atomic E-state index is 0.0333. The van der Waals surface area contributed by atoms with Gasteiger partial charge in [0.05, 0.1) is 12.9 Å². The third-order valence-corrected chi connectivity index (χ3v) is 2.54. The summed E-state index contributed by atoms with van der Waals surface area (Å²) in [5, 5.41) is 12.0. The van der Waals surface area contributed by atoms with E-state index in [4.69, 9.17) is 9.52 Å². The van der Waals surface area contributed by atoms with E-state index in [9.17, 15) is 4.79 Å². The maximum Gasteiger partial charge on any atom is 0.371 e. The van der Waals surface area contributed by atoms with Gasteiger partial charge in [0.25, 0.3) is 0 Å². The lowest BCUT2D eigenvalue weighted by molar-refractivity contribution is 0.0660. The molecule has 2 rings (SSSR count). The second-order valence-electron chi connectivity index (χ2n) is 4.11. The number of carboxylic acid groups (broad SMARTS) is 1. The maximum atomic E-state index is 10.6. The maximum absolute atomic E-state index is 10.6. The Balaban J connectivity index is 1.81. The second-order valence-corrected chi connectivity index (χ2v) is 4.11. The van der Waals surface area contributed by atoms with Gasteiger partial charge < -0.3 is 19.4 Å². The predicted octanol–water partition coefficient (Wildman–Crippen LogP) is 1.35. The minimum Gasteiger partial charge on any atom is -0.475 e. The van der Waals surface area contributed by atoms with E-state index in [1.165, 1.54) is 6.07 Å². The zero-order valence-electron chi connectivity index (χ0n) is 10.0. The molecule has 6 nitrogen and oxygen atoms in total. The molecule has 0 spiro atoms. The Labute approximate surface area is 104 Å². The summed E-state index contributed by atoms with van der Waals surface area (Å²) in [6.07, 6.45) is 5.39. The first-order chi connectivity index (χ1) is 8.65. The molecule has 18 heavy (non-hydrogen) atoms. The molecule has 0 bridgehead atoms. The third-order valence-electron chi connectivity index (χ3n) is 2.54. The van der Waals surface area contributed by atoms with Gasteiger partial charge >= 0.3 is 5.97 Å². The molecular formula is C12H15N3O3. The number of carbonyl (C=O) groups is 1. The lowest BCUT2D eigenvalue weighted by Crippen LogP contribution is -2.29. The van der Waals surface area contributed by atoms with Gasteiger partial charge in [0.2, 0.25) is 5.76 Å². The highest BCUT2D eigenvalue weighted by atomic mass is 16.4. The van der Waals surface area contributed by atoms with Crippen LogP contribution in [0.5, 0.6) is 0 Å². The Kier molecular flexibility index (Phi) is 3.78. The molecule has 0 aliphatic carbocycles. The quantitative estimate of drug-likeness (QED) is 0.807. The molecule has 0 radical (unpaired) electrons. The summed E-state index contributed by atoms with van der Waals surface area (Å²) >= 11 is 0. The Morgan fingerprint density at radius 1 is 1.61 bits per heavy atom. The van der Waals surface area contributed by atoms with Crippen LogP contribution >= 0.6 is 0 Å². The summed E-state index contributed by atoms with van der Waals surface area (Å²) in [5.74, 6) is -0.466. The zero-order valence-corrected chi connectivity index (χ0v) is 10.0. The number of aromatic nitrogens is 2. The van der Waals surface area contributed by atoms with Crippen molar-refractivity contribution in [3.8, 4) is 0 Å². The van der Waals surface area contributed by atoms with Gasteiger partial charge in [-0.3, -0.25) is 0 Å². The molecule has 6 heteroatoms. The van der Waals surface area contributed by atoms with Crippen LogP contribution in [0.25, 0.3) is 0 Å². The van der Waals surface area contributed by atoms with E-state index in [0.717, 1.165) is 6.54 Å². The number of imidazole rings is 1. The van der Waals surface area contributed by atoms with Crippen LogP contribution < -0.4 is 5.32 Å². The molecule has 2 aromatic rings. The van der Waals surface area contributed by atoms with Crippen molar-refractivity contribution in [2.75, 3.05) is 0 Å². The Bertz CT molecular complexity index is 504. The van der Waals surface area contributed by atoms with Crippen molar-refractivity contribution in [3.63, 3.8) is 0 Å². The van der Waals surface area contributed by atoms with Gasteiger partial charge in [-0.15, -0.1) is 0 Å².